The maximum atomic E-state index is 2.59. The molecule has 0 spiro atoms. The largest absolute Gasteiger partial charge is 0.192 e. The van der Waals surface area contributed by atoms with Crippen molar-refractivity contribution in [2.24, 2.45) is 0 Å². The monoisotopic (exact) mass is 768 g/mol. The molecule has 0 radical (unpaired) electrons. The first-order valence-electron chi connectivity index (χ1n) is 21.2. The van der Waals surface area contributed by atoms with E-state index in [1.54, 1.807) is 0 Å². The lowest BCUT2D eigenvalue weighted by molar-refractivity contribution is 0.639. The summed E-state index contributed by atoms with van der Waals surface area (Å²) in [5.41, 5.74) is 24.2. The summed E-state index contributed by atoms with van der Waals surface area (Å²) in [6.45, 7) is 21.9. The molecule has 0 saturated carbocycles. The van der Waals surface area contributed by atoms with Gasteiger partial charge in [0.1, 0.15) is 0 Å². The summed E-state index contributed by atoms with van der Waals surface area (Å²) in [5.74, 6) is 0. The van der Waals surface area contributed by atoms with Gasteiger partial charge >= 0.3 is 0 Å². The molecule has 5 aliphatic rings. The fourth-order valence-corrected chi connectivity index (χ4v) is 15.0. The van der Waals surface area contributed by atoms with E-state index < -0.39 is 10.0 Å². The minimum absolute atomic E-state index is 0.0570. The van der Waals surface area contributed by atoms with E-state index in [0.29, 0.717) is 0 Å². The number of fused-ring (bicyclic) bond motifs is 8. The normalized spacial score (nSPS) is 20.1. The van der Waals surface area contributed by atoms with E-state index in [1.165, 1.54) is 126 Å². The molecule has 0 nitrogen and oxygen atoms in total. The molecule has 1 aliphatic heterocycles. The Morgan fingerprint density at radius 2 is 0.966 bits per heavy atom. The summed E-state index contributed by atoms with van der Waals surface area (Å²) in [5, 5.41) is 5.58. The molecule has 1 heteroatoms. The second-order valence-corrected chi connectivity index (χ2v) is 24.1. The predicted molar refractivity (Wildman–Crippen MR) is 253 cm³/mol. The average Bonchev–Trinajstić information content (AvgIpc) is 3.79. The molecule has 1 heterocycles. The molecule has 286 valence electrons. The highest BCUT2D eigenvalue weighted by molar-refractivity contribution is 8.47. The van der Waals surface area contributed by atoms with Crippen LogP contribution in [0.15, 0.2) is 115 Å². The van der Waals surface area contributed by atoms with Gasteiger partial charge in [-0.15, -0.1) is 0 Å². The Balaban J connectivity index is 0.952. The lowest BCUT2D eigenvalue weighted by Crippen LogP contribution is -2.24. The van der Waals surface area contributed by atoms with E-state index in [2.05, 4.69) is 190 Å². The van der Waals surface area contributed by atoms with Crippen LogP contribution >= 0.6 is 10.0 Å². The van der Waals surface area contributed by atoms with Crippen molar-refractivity contribution in [2.75, 3.05) is 12.5 Å². The number of rotatable bonds is 2. The Morgan fingerprint density at radius 1 is 0.397 bits per heavy atom. The van der Waals surface area contributed by atoms with Crippen LogP contribution in [0.3, 0.4) is 0 Å². The summed E-state index contributed by atoms with van der Waals surface area (Å²) in [6.07, 6.45) is 10.0. The van der Waals surface area contributed by atoms with Gasteiger partial charge in [0.2, 0.25) is 0 Å². The van der Waals surface area contributed by atoms with E-state index in [4.69, 9.17) is 0 Å². The van der Waals surface area contributed by atoms with Crippen LogP contribution in [0.2, 0.25) is 0 Å². The van der Waals surface area contributed by atoms with Crippen LogP contribution in [0.4, 0.5) is 0 Å². The van der Waals surface area contributed by atoms with Crippen molar-refractivity contribution in [3.63, 3.8) is 0 Å². The van der Waals surface area contributed by atoms with Crippen LogP contribution in [0.1, 0.15) is 117 Å². The highest BCUT2D eigenvalue weighted by Gasteiger charge is 2.47. The number of aryl methyl sites for hydroxylation is 1. The Bertz CT molecular complexity index is 3190. The summed E-state index contributed by atoms with van der Waals surface area (Å²) in [4.78, 5) is 2.98. The van der Waals surface area contributed by atoms with E-state index in [-0.39, 0.29) is 21.7 Å². The first-order chi connectivity index (χ1) is 27.4. The molecule has 0 unspecified atom stereocenters. The molecule has 0 saturated heterocycles. The minimum atomic E-state index is -1.33. The molecule has 0 N–H and O–H groups in total. The third-order valence-electron chi connectivity index (χ3n) is 15.9. The summed E-state index contributed by atoms with van der Waals surface area (Å²) >= 11 is 0. The van der Waals surface area contributed by atoms with Gasteiger partial charge < -0.3 is 0 Å². The van der Waals surface area contributed by atoms with Crippen molar-refractivity contribution in [3.05, 3.63) is 176 Å². The van der Waals surface area contributed by atoms with Crippen LogP contribution in [0.5, 0.6) is 0 Å². The second kappa shape index (κ2) is 10.5. The Labute approximate surface area is 346 Å². The molecule has 0 atom stereocenters. The van der Waals surface area contributed by atoms with E-state index in [9.17, 15) is 0 Å². The van der Waals surface area contributed by atoms with Crippen molar-refractivity contribution in [1.29, 1.82) is 0 Å². The van der Waals surface area contributed by atoms with Crippen LogP contribution in [0, 0.1) is 6.92 Å². The van der Waals surface area contributed by atoms with Gasteiger partial charge in [-0.1, -0.05) is 128 Å². The summed E-state index contributed by atoms with van der Waals surface area (Å²) in [7, 11) is -1.33. The highest BCUT2D eigenvalue weighted by atomic mass is 32.3. The Kier molecular flexibility index (Phi) is 6.34. The molecule has 0 aromatic heterocycles. The van der Waals surface area contributed by atoms with Gasteiger partial charge in [-0.25, -0.2) is 0 Å². The van der Waals surface area contributed by atoms with Gasteiger partial charge in [0.05, 0.1) is 0 Å². The SMILES string of the molecule is Cc1cc2c3c4c(cccc14)C(C)(C)c1cc(C4=CC=C(c5ccc6c(c5)C(C)(C)c5cc7c(cc5-6)C(C)(C)c5ccc6ccccc6c5-7)S4(C)C)cc(c1-3)C2(C)C. The fourth-order valence-electron chi connectivity index (χ4n) is 12.5. The van der Waals surface area contributed by atoms with Crippen molar-refractivity contribution >= 4 is 41.4 Å². The molecule has 0 bridgehead atoms. The van der Waals surface area contributed by atoms with Gasteiger partial charge in [0.15, 0.2) is 0 Å². The molecule has 4 aliphatic carbocycles. The third kappa shape index (κ3) is 3.96. The zero-order chi connectivity index (χ0) is 40.2. The van der Waals surface area contributed by atoms with Crippen molar-refractivity contribution in [2.45, 2.75) is 84.0 Å². The van der Waals surface area contributed by atoms with Crippen molar-refractivity contribution in [3.8, 4) is 33.4 Å². The van der Waals surface area contributed by atoms with Crippen molar-refractivity contribution < 1.29 is 0 Å². The van der Waals surface area contributed by atoms with E-state index in [0.717, 1.165) is 0 Å². The van der Waals surface area contributed by atoms with Gasteiger partial charge in [-0.05, 0) is 178 Å². The zero-order valence-corrected chi connectivity index (χ0v) is 36.7. The van der Waals surface area contributed by atoms with Crippen LogP contribution < -0.4 is 0 Å². The lowest BCUT2D eigenvalue weighted by atomic mass is 9.68. The van der Waals surface area contributed by atoms with Crippen LogP contribution in [0.25, 0.3) is 64.7 Å². The Morgan fingerprint density at radius 3 is 1.72 bits per heavy atom. The van der Waals surface area contributed by atoms with Gasteiger partial charge in [0.25, 0.3) is 0 Å². The molecule has 0 fully saturated rings. The lowest BCUT2D eigenvalue weighted by Gasteiger charge is -2.38. The van der Waals surface area contributed by atoms with Gasteiger partial charge in [-0.2, -0.15) is 10.0 Å². The van der Waals surface area contributed by atoms with E-state index in [1.807, 2.05) is 0 Å². The molecule has 7 aromatic rings. The Hall–Kier alpha value is -5.11. The van der Waals surface area contributed by atoms with Gasteiger partial charge in [0, 0.05) is 31.5 Å². The molecule has 0 amide bonds. The first-order valence-corrected chi connectivity index (χ1v) is 23.7. The quantitative estimate of drug-likeness (QED) is 0.164. The number of benzene rings is 7. The number of hydrogen-bond donors (Lipinski definition) is 0. The van der Waals surface area contributed by atoms with E-state index >= 15 is 0 Å². The standard InChI is InChI=1S/C57H52S/c1-31-25-45-53-51-35(31)17-14-18-40(51)55(4,5)46-27-34(28-47(52(46)53)57(45,8)9)49-24-23-48(58(49,10)11)33-19-21-37-38-29-44-39(30-43(38)56(6,7)42(37)26-33)50-36-16-13-12-15-32(36)20-22-41(50)54(44,2)3/h12-30H,1-11H3. The molecular weight excluding hydrogens is 717 g/mol. The number of allylic oxidation sites excluding steroid dienone is 2. The maximum Gasteiger partial charge on any atom is 0.0159 e. The molecular formula is C57H52S. The molecule has 12 rings (SSSR count). The van der Waals surface area contributed by atoms with Gasteiger partial charge in [-0.3, -0.25) is 0 Å². The van der Waals surface area contributed by atoms with Crippen LogP contribution in [-0.2, 0) is 21.7 Å². The summed E-state index contributed by atoms with van der Waals surface area (Å²) in [6, 6.07) is 40.9. The molecule has 58 heavy (non-hydrogen) atoms. The zero-order valence-electron chi connectivity index (χ0n) is 35.9. The fraction of sp³-hybridized carbons (Fsp3) is 0.263. The summed E-state index contributed by atoms with van der Waals surface area (Å²) < 4.78 is 0. The maximum absolute atomic E-state index is 2.59. The van der Waals surface area contributed by atoms with Crippen LogP contribution in [-0.4, -0.2) is 12.5 Å². The average molecular weight is 769 g/mol. The van der Waals surface area contributed by atoms with Crippen molar-refractivity contribution in [1.82, 2.24) is 0 Å². The minimum Gasteiger partial charge on any atom is -0.192 e. The number of hydrogen-bond acceptors (Lipinski definition) is 0. The molecule has 7 aromatic carbocycles. The topological polar surface area (TPSA) is 0 Å². The predicted octanol–water partition coefficient (Wildman–Crippen LogP) is 15.3. The first kappa shape index (κ1) is 34.9. The second-order valence-electron chi connectivity index (χ2n) is 20.6. The third-order valence-corrected chi connectivity index (χ3v) is 18.8. The highest BCUT2D eigenvalue weighted by Crippen LogP contribution is 2.69. The smallest absolute Gasteiger partial charge is 0.0159 e.